The van der Waals surface area contributed by atoms with Crippen molar-refractivity contribution in [2.75, 3.05) is 7.11 Å². The summed E-state index contributed by atoms with van der Waals surface area (Å²) in [5.74, 6) is -0.480. The first-order chi connectivity index (χ1) is 15.7. The van der Waals surface area contributed by atoms with Gasteiger partial charge < -0.3 is 9.26 Å². The highest BCUT2D eigenvalue weighted by atomic mass is 19.3. The molecule has 33 heavy (non-hydrogen) atoms. The summed E-state index contributed by atoms with van der Waals surface area (Å²) in [7, 11) is 2.62. The third kappa shape index (κ3) is 3.45. The molecule has 0 amide bonds. The minimum atomic E-state index is -2.98. The highest BCUT2D eigenvalue weighted by molar-refractivity contribution is 6.01. The number of carbonyl (C=O) groups excluding carboxylic acids is 1. The van der Waals surface area contributed by atoms with E-state index < -0.39 is 23.6 Å². The van der Waals surface area contributed by atoms with Crippen LogP contribution in [-0.2, 0) is 18.3 Å². The summed E-state index contributed by atoms with van der Waals surface area (Å²) < 4.78 is 40.7. The maximum absolute atomic E-state index is 13.4. The third-order valence-electron chi connectivity index (χ3n) is 5.36. The fourth-order valence-electron chi connectivity index (χ4n) is 3.91. The summed E-state index contributed by atoms with van der Waals surface area (Å²) in [4.78, 5) is 41.7. The van der Waals surface area contributed by atoms with Gasteiger partial charge in [-0.1, -0.05) is 12.1 Å². The van der Waals surface area contributed by atoms with Gasteiger partial charge in [-0.05, 0) is 37.6 Å². The Kier molecular flexibility index (Phi) is 5.48. The van der Waals surface area contributed by atoms with E-state index in [2.05, 4.69) is 4.98 Å². The van der Waals surface area contributed by atoms with Gasteiger partial charge in [0.15, 0.2) is 5.69 Å². The monoisotopic (exact) mass is 458 g/mol. The average Bonchev–Trinajstić information content (AvgIpc) is 3.24. The molecular weight excluding hydrogens is 438 g/mol. The molecule has 9 nitrogen and oxygen atoms in total. The van der Waals surface area contributed by atoms with E-state index >= 15 is 0 Å². The molecule has 0 radical (unpaired) electrons. The lowest BCUT2D eigenvalue weighted by Gasteiger charge is -2.12. The zero-order valence-electron chi connectivity index (χ0n) is 18.3. The molecule has 0 saturated heterocycles. The second kappa shape index (κ2) is 8.15. The van der Waals surface area contributed by atoms with Gasteiger partial charge in [0.05, 0.1) is 23.7 Å². The van der Waals surface area contributed by atoms with Crippen molar-refractivity contribution in [1.29, 1.82) is 0 Å². The average molecular weight is 458 g/mol. The van der Waals surface area contributed by atoms with Crippen molar-refractivity contribution in [2.24, 2.45) is 7.05 Å². The second-order valence-corrected chi connectivity index (χ2v) is 7.29. The van der Waals surface area contributed by atoms with Gasteiger partial charge in [0.2, 0.25) is 0 Å². The number of nitrogens with zero attached hydrogens (tertiary/aromatic N) is 4. The van der Waals surface area contributed by atoms with Gasteiger partial charge in [0.1, 0.15) is 17.0 Å². The molecule has 3 aromatic heterocycles. The Morgan fingerprint density at radius 3 is 2.36 bits per heavy atom. The molecule has 0 spiro atoms. The number of esters is 1. The highest BCUT2D eigenvalue weighted by Gasteiger charge is 2.26. The number of aromatic nitrogens is 4. The molecule has 4 rings (SSSR count). The quantitative estimate of drug-likeness (QED) is 0.426. The van der Waals surface area contributed by atoms with Gasteiger partial charge in [-0.15, -0.1) is 0 Å². The highest BCUT2D eigenvalue weighted by Crippen LogP contribution is 2.26. The largest absolute Gasteiger partial charge is 0.464 e. The van der Waals surface area contributed by atoms with E-state index in [-0.39, 0.29) is 28.7 Å². The smallest absolute Gasteiger partial charge is 0.358 e. The SMILES string of the molecule is CCn1c2c(C(=O)OC)nc(C(F)F)cc2c(=O)n1-c1ccc(-c2c(C)on(C)c2=O)cc1. The molecule has 0 atom stereocenters. The van der Waals surface area contributed by atoms with E-state index in [4.69, 9.17) is 9.26 Å². The van der Waals surface area contributed by atoms with E-state index in [0.717, 1.165) is 17.9 Å². The third-order valence-corrected chi connectivity index (χ3v) is 5.36. The zero-order chi connectivity index (χ0) is 24.0. The first-order valence-corrected chi connectivity index (χ1v) is 10.00. The molecule has 0 aliphatic carbocycles. The zero-order valence-corrected chi connectivity index (χ0v) is 18.3. The Morgan fingerprint density at radius 1 is 1.18 bits per heavy atom. The molecule has 4 aromatic rings. The van der Waals surface area contributed by atoms with Crippen LogP contribution in [0.25, 0.3) is 27.7 Å². The maximum atomic E-state index is 13.4. The number of carbonyl (C=O) groups is 1. The normalized spacial score (nSPS) is 11.5. The summed E-state index contributed by atoms with van der Waals surface area (Å²) >= 11 is 0. The molecule has 0 fully saturated rings. The molecule has 0 unspecified atom stereocenters. The Bertz CT molecular complexity index is 1490. The molecule has 0 N–H and O–H groups in total. The van der Waals surface area contributed by atoms with Crippen molar-refractivity contribution in [2.45, 2.75) is 26.8 Å². The number of methoxy groups -OCH3 is 1. The topological polar surface area (TPSA) is 101 Å². The van der Waals surface area contributed by atoms with Crippen molar-refractivity contribution in [3.63, 3.8) is 0 Å². The number of ether oxygens (including phenoxy) is 1. The van der Waals surface area contributed by atoms with E-state index in [1.807, 2.05) is 0 Å². The van der Waals surface area contributed by atoms with Crippen LogP contribution in [0.1, 0.15) is 35.3 Å². The van der Waals surface area contributed by atoms with Crippen LogP contribution in [0.4, 0.5) is 8.78 Å². The van der Waals surface area contributed by atoms with Gasteiger partial charge in [-0.25, -0.2) is 23.2 Å². The Morgan fingerprint density at radius 2 is 1.85 bits per heavy atom. The van der Waals surface area contributed by atoms with Gasteiger partial charge in [-0.3, -0.25) is 14.3 Å². The van der Waals surface area contributed by atoms with Crippen LogP contribution >= 0.6 is 0 Å². The molecule has 1 aromatic carbocycles. The fraction of sp³-hybridized carbons (Fsp3) is 0.273. The molecule has 0 aliphatic heterocycles. The lowest BCUT2D eigenvalue weighted by Crippen LogP contribution is -2.21. The van der Waals surface area contributed by atoms with Gasteiger partial charge in [-0.2, -0.15) is 4.74 Å². The predicted octanol–water partition coefficient (Wildman–Crippen LogP) is 3.20. The van der Waals surface area contributed by atoms with Crippen LogP contribution in [0, 0.1) is 6.92 Å². The minimum absolute atomic E-state index is 0.0776. The number of hydrogen-bond donors (Lipinski definition) is 0. The first kappa shape index (κ1) is 22.2. The van der Waals surface area contributed by atoms with Crippen LogP contribution < -0.4 is 11.1 Å². The minimum Gasteiger partial charge on any atom is -0.464 e. The van der Waals surface area contributed by atoms with Crippen LogP contribution in [0.3, 0.4) is 0 Å². The molecule has 3 heterocycles. The van der Waals surface area contributed by atoms with Gasteiger partial charge >= 0.3 is 5.97 Å². The molecule has 172 valence electrons. The first-order valence-electron chi connectivity index (χ1n) is 10.00. The van der Waals surface area contributed by atoms with E-state index in [1.54, 1.807) is 38.1 Å². The Labute approximate surface area is 185 Å². The van der Waals surface area contributed by atoms with Gasteiger partial charge in [0.25, 0.3) is 17.5 Å². The maximum Gasteiger partial charge on any atom is 0.358 e. The molecule has 0 aliphatic rings. The molecule has 0 bridgehead atoms. The lowest BCUT2D eigenvalue weighted by molar-refractivity contribution is 0.0594. The van der Waals surface area contributed by atoms with E-state index in [1.165, 1.54) is 16.4 Å². The van der Waals surface area contributed by atoms with Crippen LogP contribution in [0.5, 0.6) is 0 Å². The Balaban J connectivity index is 1.96. The van der Waals surface area contributed by atoms with Crippen molar-refractivity contribution < 1.29 is 22.8 Å². The van der Waals surface area contributed by atoms with Crippen molar-refractivity contribution in [3.8, 4) is 16.8 Å². The summed E-state index contributed by atoms with van der Waals surface area (Å²) in [5, 5.41) is -0.0776. The Hall–Kier alpha value is -4.02. The summed E-state index contributed by atoms with van der Waals surface area (Å²) in [6.07, 6.45) is -2.98. The number of alkyl halides is 2. The number of pyridine rings is 1. The van der Waals surface area contributed by atoms with E-state index in [9.17, 15) is 23.2 Å². The number of rotatable bonds is 5. The standard InChI is InChI=1S/C22H20F2N4O5/c1-5-27-18-14(10-15(19(23)24)25-17(18)22(31)32-4)20(29)28(27)13-8-6-12(7-9-13)16-11(2)33-26(3)21(16)30/h6-10,19H,5H2,1-4H3. The second-order valence-electron chi connectivity index (χ2n) is 7.29. The van der Waals surface area contributed by atoms with Crippen LogP contribution in [-0.4, -0.2) is 32.2 Å². The predicted molar refractivity (Wildman–Crippen MR) is 115 cm³/mol. The molecule has 11 heteroatoms. The summed E-state index contributed by atoms with van der Waals surface area (Å²) in [5.41, 5.74) is -0.450. The summed E-state index contributed by atoms with van der Waals surface area (Å²) in [6, 6.07) is 7.54. The van der Waals surface area contributed by atoms with Crippen LogP contribution in [0.2, 0.25) is 0 Å². The number of fused-ring (bicyclic) bond motifs is 1. The number of benzene rings is 1. The number of halogens is 2. The van der Waals surface area contributed by atoms with Crippen molar-refractivity contribution in [1.82, 2.24) is 19.1 Å². The molecule has 0 saturated carbocycles. The van der Waals surface area contributed by atoms with Gasteiger partial charge in [0, 0.05) is 13.6 Å². The van der Waals surface area contributed by atoms with E-state index in [0.29, 0.717) is 22.6 Å². The fourth-order valence-corrected chi connectivity index (χ4v) is 3.91. The van der Waals surface area contributed by atoms with Crippen molar-refractivity contribution >= 4 is 16.9 Å². The van der Waals surface area contributed by atoms with Crippen molar-refractivity contribution in [3.05, 3.63) is 68.2 Å². The summed E-state index contributed by atoms with van der Waals surface area (Å²) in [6.45, 7) is 3.65. The molecular formula is C22H20F2N4O5. The number of hydrogen-bond acceptors (Lipinski definition) is 6. The lowest BCUT2D eigenvalue weighted by atomic mass is 10.1. The van der Waals surface area contributed by atoms with Crippen LogP contribution in [0.15, 0.2) is 44.4 Å². The number of aryl methyl sites for hydroxylation is 3.